The summed E-state index contributed by atoms with van der Waals surface area (Å²) in [6.07, 6.45) is 11.8. The van der Waals surface area contributed by atoms with E-state index in [2.05, 4.69) is 42.1 Å². The van der Waals surface area contributed by atoms with Crippen LogP contribution in [0.4, 0.5) is 0 Å². The Morgan fingerprint density at radius 1 is 1.00 bits per heavy atom. The van der Waals surface area contributed by atoms with Crippen LogP contribution in [0.2, 0.25) is 0 Å². The van der Waals surface area contributed by atoms with Crippen LogP contribution < -0.4 is 0 Å². The molecule has 3 nitrogen and oxygen atoms in total. The normalized spacial score (nSPS) is 26.5. The van der Waals surface area contributed by atoms with Gasteiger partial charge in [-0.2, -0.15) is 11.8 Å². The highest BCUT2D eigenvalue weighted by molar-refractivity contribution is 7.99. The average molecular weight is 391 g/mol. The molecule has 0 saturated carbocycles. The number of hydrogen-bond acceptors (Lipinski definition) is 3. The van der Waals surface area contributed by atoms with E-state index in [0.29, 0.717) is 18.6 Å². The zero-order valence-electron chi connectivity index (χ0n) is 16.4. The van der Waals surface area contributed by atoms with Crippen LogP contribution in [0.1, 0.15) is 63.4 Å². The van der Waals surface area contributed by atoms with Gasteiger partial charge in [-0.15, -0.1) is 0 Å². The molecule has 27 heavy (non-hydrogen) atoms. The van der Waals surface area contributed by atoms with Gasteiger partial charge < -0.3 is 9.84 Å². The molecule has 4 atom stereocenters. The molecule has 1 aromatic carbocycles. The quantitative estimate of drug-likeness (QED) is 0.447. The van der Waals surface area contributed by atoms with Gasteiger partial charge in [-0.1, -0.05) is 49.6 Å². The number of rotatable bonds is 13. The molecule has 4 heteroatoms. The maximum atomic E-state index is 10.6. The van der Waals surface area contributed by atoms with E-state index in [1.807, 2.05) is 0 Å². The molecule has 0 aliphatic carbocycles. The largest absolute Gasteiger partial charge is 0.481 e. The molecule has 0 aromatic heterocycles. The van der Waals surface area contributed by atoms with Crippen molar-refractivity contribution in [3.05, 3.63) is 35.9 Å². The average Bonchev–Trinajstić information content (AvgIpc) is 3.27. The van der Waals surface area contributed by atoms with Crippen molar-refractivity contribution >= 4 is 17.7 Å². The van der Waals surface area contributed by atoms with Crippen molar-refractivity contribution in [2.45, 2.75) is 76.4 Å². The minimum atomic E-state index is -0.666. The summed E-state index contributed by atoms with van der Waals surface area (Å²) in [4.78, 5) is 10.6. The van der Waals surface area contributed by atoms with Crippen molar-refractivity contribution in [1.82, 2.24) is 0 Å². The van der Waals surface area contributed by atoms with Gasteiger partial charge in [0.2, 0.25) is 0 Å². The van der Waals surface area contributed by atoms with E-state index in [-0.39, 0.29) is 0 Å². The number of benzene rings is 1. The number of thioether (sulfide) groups is 1. The summed E-state index contributed by atoms with van der Waals surface area (Å²) in [5, 5.41) is 8.72. The number of hydrogen-bond donors (Lipinski definition) is 1. The van der Waals surface area contributed by atoms with Crippen LogP contribution >= 0.6 is 11.8 Å². The first-order chi connectivity index (χ1) is 13.2. The van der Waals surface area contributed by atoms with Crippen LogP contribution in [-0.4, -0.2) is 34.8 Å². The van der Waals surface area contributed by atoms with E-state index in [9.17, 15) is 4.79 Å². The SMILES string of the molecule is O=C(O)CCCCCC[C@H]1[C@@H](CSCCCc2ccccc2)[C@H]2CC[C@@H]1O2. The van der Waals surface area contributed by atoms with Crippen molar-refractivity contribution in [3.8, 4) is 0 Å². The fourth-order valence-electron chi connectivity index (χ4n) is 4.75. The standard InChI is InChI=1S/C23H34O3S/c24-23(25)13-7-2-1-6-12-19-20(22-15-14-21(19)26-22)17-27-16-8-11-18-9-4-3-5-10-18/h3-5,9-10,19-22H,1-2,6-8,11-17H2,(H,24,25)/t19-,20+,21-,22+/m0/s1. The first-order valence-electron chi connectivity index (χ1n) is 10.7. The second kappa shape index (κ2) is 11.1. The summed E-state index contributed by atoms with van der Waals surface area (Å²) in [5.41, 5.74) is 1.45. The minimum Gasteiger partial charge on any atom is -0.481 e. The highest BCUT2D eigenvalue weighted by Crippen LogP contribution is 2.46. The van der Waals surface area contributed by atoms with E-state index >= 15 is 0 Å². The second-order valence-electron chi connectivity index (χ2n) is 8.13. The molecule has 150 valence electrons. The Bertz CT molecular complexity index is 562. The predicted octanol–water partition coefficient (Wildman–Crippen LogP) is 5.57. The van der Waals surface area contributed by atoms with Gasteiger partial charge in [0.25, 0.3) is 0 Å². The fourth-order valence-corrected chi connectivity index (χ4v) is 6.00. The summed E-state index contributed by atoms with van der Waals surface area (Å²) in [6.45, 7) is 0. The van der Waals surface area contributed by atoms with Crippen LogP contribution in [0.3, 0.4) is 0 Å². The third-order valence-electron chi connectivity index (χ3n) is 6.18. The summed E-state index contributed by atoms with van der Waals surface area (Å²) in [5.74, 6) is 3.31. The number of aryl methyl sites for hydroxylation is 1. The smallest absolute Gasteiger partial charge is 0.303 e. The molecular weight excluding hydrogens is 356 g/mol. The Labute approximate surface area is 168 Å². The summed E-state index contributed by atoms with van der Waals surface area (Å²) >= 11 is 2.12. The highest BCUT2D eigenvalue weighted by atomic mass is 32.2. The number of aliphatic carboxylic acids is 1. The number of unbranched alkanes of at least 4 members (excludes halogenated alkanes) is 3. The third-order valence-corrected chi connectivity index (χ3v) is 7.37. The van der Waals surface area contributed by atoms with Gasteiger partial charge in [0.1, 0.15) is 0 Å². The molecule has 2 heterocycles. The van der Waals surface area contributed by atoms with E-state index in [1.165, 1.54) is 55.6 Å². The lowest BCUT2D eigenvalue weighted by Gasteiger charge is -2.28. The van der Waals surface area contributed by atoms with Crippen LogP contribution in [0.25, 0.3) is 0 Å². The zero-order valence-corrected chi connectivity index (χ0v) is 17.2. The number of carbonyl (C=O) groups is 1. The van der Waals surface area contributed by atoms with Crippen molar-refractivity contribution < 1.29 is 14.6 Å². The topological polar surface area (TPSA) is 46.5 Å². The lowest BCUT2D eigenvalue weighted by atomic mass is 9.77. The number of carboxylic acid groups (broad SMARTS) is 1. The molecule has 0 unspecified atom stereocenters. The lowest BCUT2D eigenvalue weighted by molar-refractivity contribution is -0.137. The van der Waals surface area contributed by atoms with Gasteiger partial charge in [-0.3, -0.25) is 4.79 Å². The van der Waals surface area contributed by atoms with Gasteiger partial charge in [-0.25, -0.2) is 0 Å². The molecule has 2 aliphatic heterocycles. The molecule has 2 fully saturated rings. The monoisotopic (exact) mass is 390 g/mol. The van der Waals surface area contributed by atoms with E-state index in [1.54, 1.807) is 0 Å². The molecule has 0 radical (unpaired) electrons. The van der Waals surface area contributed by atoms with Crippen molar-refractivity contribution in [3.63, 3.8) is 0 Å². The van der Waals surface area contributed by atoms with Gasteiger partial charge in [0, 0.05) is 6.42 Å². The second-order valence-corrected chi connectivity index (χ2v) is 9.28. The van der Waals surface area contributed by atoms with Crippen molar-refractivity contribution in [1.29, 1.82) is 0 Å². The summed E-state index contributed by atoms with van der Waals surface area (Å²) in [6, 6.07) is 10.8. The highest BCUT2D eigenvalue weighted by Gasteiger charge is 2.47. The molecule has 3 rings (SSSR count). The Hall–Kier alpha value is -1.00. The zero-order chi connectivity index (χ0) is 18.9. The molecule has 2 saturated heterocycles. The summed E-state index contributed by atoms with van der Waals surface area (Å²) < 4.78 is 6.24. The molecule has 0 spiro atoms. The maximum Gasteiger partial charge on any atom is 0.303 e. The maximum absolute atomic E-state index is 10.6. The van der Waals surface area contributed by atoms with Gasteiger partial charge in [0.05, 0.1) is 12.2 Å². The molecule has 1 N–H and O–H groups in total. The first-order valence-corrected chi connectivity index (χ1v) is 11.9. The molecular formula is C23H34O3S. The summed E-state index contributed by atoms with van der Waals surface area (Å²) in [7, 11) is 0. The van der Waals surface area contributed by atoms with E-state index < -0.39 is 5.97 Å². The van der Waals surface area contributed by atoms with Crippen LogP contribution in [0, 0.1) is 11.8 Å². The van der Waals surface area contributed by atoms with Crippen LogP contribution in [0.15, 0.2) is 30.3 Å². The Balaban J connectivity index is 1.31. The van der Waals surface area contributed by atoms with Gasteiger partial charge in [-0.05, 0) is 67.4 Å². The predicted molar refractivity (Wildman–Crippen MR) is 112 cm³/mol. The lowest BCUT2D eigenvalue weighted by Crippen LogP contribution is -2.29. The molecule has 0 amide bonds. The molecule has 2 bridgehead atoms. The number of fused-ring (bicyclic) bond motifs is 2. The number of ether oxygens (including phenoxy) is 1. The Kier molecular flexibility index (Phi) is 8.53. The van der Waals surface area contributed by atoms with Gasteiger partial charge >= 0.3 is 5.97 Å². The van der Waals surface area contributed by atoms with E-state index in [4.69, 9.17) is 9.84 Å². The number of carboxylic acids is 1. The van der Waals surface area contributed by atoms with E-state index in [0.717, 1.165) is 31.1 Å². The molecule has 1 aromatic rings. The van der Waals surface area contributed by atoms with Crippen molar-refractivity contribution in [2.75, 3.05) is 11.5 Å². The first kappa shape index (κ1) is 20.7. The van der Waals surface area contributed by atoms with Crippen molar-refractivity contribution in [2.24, 2.45) is 11.8 Å². The van der Waals surface area contributed by atoms with Crippen LogP contribution in [0.5, 0.6) is 0 Å². The van der Waals surface area contributed by atoms with Gasteiger partial charge in [0.15, 0.2) is 0 Å². The van der Waals surface area contributed by atoms with Crippen LogP contribution in [-0.2, 0) is 16.0 Å². The Morgan fingerprint density at radius 3 is 2.52 bits per heavy atom. The minimum absolute atomic E-state index is 0.319. The fraction of sp³-hybridized carbons (Fsp3) is 0.696. The third kappa shape index (κ3) is 6.53. The molecule has 2 aliphatic rings. The Morgan fingerprint density at radius 2 is 1.74 bits per heavy atom.